The topological polar surface area (TPSA) is 114 Å². The van der Waals surface area contributed by atoms with Crippen molar-refractivity contribution in [3.05, 3.63) is 12.0 Å². The van der Waals surface area contributed by atoms with E-state index < -0.39 is 10.0 Å². The van der Waals surface area contributed by atoms with Crippen LogP contribution in [-0.4, -0.2) is 46.9 Å². The average molecular weight is 275 g/mol. The lowest BCUT2D eigenvalue weighted by Gasteiger charge is -2.14. The molecule has 0 radical (unpaired) electrons. The zero-order valence-corrected chi connectivity index (χ0v) is 11.3. The van der Waals surface area contributed by atoms with Crippen LogP contribution in [0.5, 0.6) is 0 Å². The van der Waals surface area contributed by atoms with E-state index in [1.165, 1.54) is 13.2 Å². The second-order valence-electron chi connectivity index (χ2n) is 3.91. The molecule has 0 aliphatic heterocycles. The van der Waals surface area contributed by atoms with E-state index in [2.05, 4.69) is 10.1 Å². The van der Waals surface area contributed by atoms with Gasteiger partial charge in [-0.15, -0.1) is 0 Å². The Bertz CT molecular complexity index is 529. The van der Waals surface area contributed by atoms with Gasteiger partial charge in [0.25, 0.3) is 10.0 Å². The summed E-state index contributed by atoms with van der Waals surface area (Å²) in [5.41, 5.74) is 5.29. The summed E-state index contributed by atoms with van der Waals surface area (Å²) in [6, 6.07) is 0. The highest BCUT2D eigenvalue weighted by Crippen LogP contribution is 2.13. The number of aromatic nitrogens is 2. The van der Waals surface area contributed by atoms with Gasteiger partial charge in [0, 0.05) is 33.3 Å². The molecule has 0 atom stereocenters. The maximum Gasteiger partial charge on any atom is 0.261 e. The number of oxime groups is 1. The zero-order valence-electron chi connectivity index (χ0n) is 10.5. The Labute approximate surface area is 106 Å². The van der Waals surface area contributed by atoms with Crippen molar-refractivity contribution in [2.24, 2.45) is 17.9 Å². The van der Waals surface area contributed by atoms with Crippen LogP contribution in [-0.2, 0) is 17.1 Å². The smallest absolute Gasteiger partial charge is 0.261 e. The minimum Gasteiger partial charge on any atom is -0.409 e. The van der Waals surface area contributed by atoms with Crippen LogP contribution in [0.4, 0.5) is 0 Å². The Morgan fingerprint density at radius 3 is 2.72 bits per heavy atom. The molecule has 1 heterocycles. The number of imidazole rings is 1. The molecule has 0 unspecified atom stereocenters. The van der Waals surface area contributed by atoms with Gasteiger partial charge < -0.3 is 15.5 Å². The van der Waals surface area contributed by atoms with Crippen molar-refractivity contribution in [1.82, 2.24) is 13.9 Å². The van der Waals surface area contributed by atoms with Crippen molar-refractivity contribution in [2.45, 2.75) is 18.4 Å². The summed E-state index contributed by atoms with van der Waals surface area (Å²) >= 11 is 0. The number of amidine groups is 1. The van der Waals surface area contributed by atoms with Gasteiger partial charge in [0.2, 0.25) is 0 Å². The molecule has 18 heavy (non-hydrogen) atoms. The van der Waals surface area contributed by atoms with Gasteiger partial charge in [-0.1, -0.05) is 5.16 Å². The van der Waals surface area contributed by atoms with Crippen molar-refractivity contribution >= 4 is 15.9 Å². The molecule has 0 aromatic carbocycles. The summed E-state index contributed by atoms with van der Waals surface area (Å²) in [5, 5.41) is 11.2. The molecule has 0 aliphatic carbocycles. The molecule has 102 valence electrons. The summed E-state index contributed by atoms with van der Waals surface area (Å²) in [4.78, 5) is 3.97. The van der Waals surface area contributed by atoms with E-state index in [1.54, 1.807) is 18.5 Å². The third-order valence-electron chi connectivity index (χ3n) is 2.57. The van der Waals surface area contributed by atoms with Gasteiger partial charge in [0.1, 0.15) is 11.7 Å². The third-order valence-corrected chi connectivity index (χ3v) is 4.30. The Balaban J connectivity index is 2.86. The average Bonchev–Trinajstić information content (AvgIpc) is 2.66. The van der Waals surface area contributed by atoms with E-state index in [1.807, 2.05) is 0 Å². The molecule has 0 amide bonds. The first kappa shape index (κ1) is 14.5. The number of rotatable bonds is 5. The van der Waals surface area contributed by atoms with E-state index in [0.717, 1.165) is 4.31 Å². The molecule has 0 bridgehead atoms. The van der Waals surface area contributed by atoms with Crippen LogP contribution in [0, 0.1) is 6.92 Å². The second kappa shape index (κ2) is 5.36. The van der Waals surface area contributed by atoms with Gasteiger partial charge in [0.05, 0.1) is 0 Å². The van der Waals surface area contributed by atoms with E-state index in [9.17, 15) is 8.42 Å². The van der Waals surface area contributed by atoms with Crippen molar-refractivity contribution in [3.63, 3.8) is 0 Å². The lowest BCUT2D eigenvalue weighted by molar-refractivity contribution is 0.316. The minimum atomic E-state index is -3.64. The first-order valence-electron chi connectivity index (χ1n) is 5.21. The van der Waals surface area contributed by atoms with E-state index >= 15 is 0 Å². The SMILES string of the molecule is Cc1nc(S(=O)(=O)N(C)CCC(N)=NO)cn1C. The zero-order chi connectivity index (χ0) is 13.9. The van der Waals surface area contributed by atoms with E-state index in [0.29, 0.717) is 5.82 Å². The van der Waals surface area contributed by atoms with Gasteiger partial charge in [0.15, 0.2) is 5.03 Å². The van der Waals surface area contributed by atoms with E-state index in [-0.39, 0.29) is 23.8 Å². The predicted octanol–water partition coefficient (Wildman–Crippen LogP) is -0.514. The maximum absolute atomic E-state index is 12.1. The van der Waals surface area contributed by atoms with E-state index in [4.69, 9.17) is 10.9 Å². The predicted molar refractivity (Wildman–Crippen MR) is 65.8 cm³/mol. The molecule has 8 nitrogen and oxygen atoms in total. The largest absolute Gasteiger partial charge is 0.409 e. The fourth-order valence-corrected chi connectivity index (χ4v) is 2.44. The Morgan fingerprint density at radius 1 is 1.67 bits per heavy atom. The molecule has 1 aromatic heterocycles. The minimum absolute atomic E-state index is 0.00971. The first-order valence-corrected chi connectivity index (χ1v) is 6.65. The fourth-order valence-electron chi connectivity index (χ4n) is 1.25. The summed E-state index contributed by atoms with van der Waals surface area (Å²) < 4.78 is 27.0. The van der Waals surface area contributed by atoms with Crippen molar-refractivity contribution < 1.29 is 13.6 Å². The molecular weight excluding hydrogens is 258 g/mol. The van der Waals surface area contributed by atoms with Crippen LogP contribution < -0.4 is 5.73 Å². The summed E-state index contributed by atoms with van der Waals surface area (Å²) in [5.74, 6) is 0.590. The van der Waals surface area contributed by atoms with Gasteiger partial charge in [-0.05, 0) is 6.92 Å². The highest BCUT2D eigenvalue weighted by molar-refractivity contribution is 7.89. The second-order valence-corrected chi connectivity index (χ2v) is 5.90. The van der Waals surface area contributed by atoms with Crippen molar-refractivity contribution in [3.8, 4) is 0 Å². The lowest BCUT2D eigenvalue weighted by Crippen LogP contribution is -2.30. The van der Waals surface area contributed by atoms with Crippen LogP contribution in [0.3, 0.4) is 0 Å². The van der Waals surface area contributed by atoms with Gasteiger partial charge in [-0.25, -0.2) is 13.4 Å². The fraction of sp³-hybridized carbons (Fsp3) is 0.556. The van der Waals surface area contributed by atoms with Crippen LogP contribution in [0.25, 0.3) is 0 Å². The molecule has 0 saturated carbocycles. The van der Waals surface area contributed by atoms with Crippen LogP contribution in [0.15, 0.2) is 16.4 Å². The monoisotopic (exact) mass is 275 g/mol. The molecule has 0 saturated heterocycles. The molecule has 0 spiro atoms. The number of nitrogens with zero attached hydrogens (tertiary/aromatic N) is 4. The standard InChI is InChI=1S/C9H17N5O3S/c1-7-11-9(6-13(7)2)18(16,17)14(3)5-4-8(10)12-15/h6,15H,4-5H2,1-3H3,(H2,10,12). The number of hydrogen-bond donors (Lipinski definition) is 2. The lowest BCUT2D eigenvalue weighted by atomic mass is 10.4. The maximum atomic E-state index is 12.1. The number of hydrogen-bond acceptors (Lipinski definition) is 5. The molecule has 9 heteroatoms. The molecular formula is C9H17N5O3S. The molecule has 3 N–H and O–H groups in total. The van der Waals surface area contributed by atoms with Crippen LogP contribution in [0.1, 0.15) is 12.2 Å². The Kier molecular flexibility index (Phi) is 4.30. The number of sulfonamides is 1. The van der Waals surface area contributed by atoms with Gasteiger partial charge >= 0.3 is 0 Å². The quantitative estimate of drug-likeness (QED) is 0.325. The normalized spacial score (nSPS) is 13.2. The Hall–Kier alpha value is -1.61. The molecule has 0 fully saturated rings. The Morgan fingerprint density at radius 2 is 2.28 bits per heavy atom. The highest BCUT2D eigenvalue weighted by atomic mass is 32.2. The van der Waals surface area contributed by atoms with Crippen molar-refractivity contribution in [2.75, 3.05) is 13.6 Å². The van der Waals surface area contributed by atoms with Gasteiger partial charge in [-0.2, -0.15) is 4.31 Å². The van der Waals surface area contributed by atoms with Crippen LogP contribution in [0.2, 0.25) is 0 Å². The first-order chi connectivity index (χ1) is 8.28. The third kappa shape index (κ3) is 2.99. The van der Waals surface area contributed by atoms with Crippen molar-refractivity contribution in [1.29, 1.82) is 0 Å². The molecule has 1 rings (SSSR count). The van der Waals surface area contributed by atoms with Crippen LogP contribution >= 0.6 is 0 Å². The number of aryl methyl sites for hydroxylation is 2. The molecule has 0 aliphatic rings. The number of nitrogens with two attached hydrogens (primary N) is 1. The molecule has 1 aromatic rings. The summed E-state index contributed by atoms with van der Waals surface area (Å²) in [7, 11) is -0.495. The summed E-state index contributed by atoms with van der Waals surface area (Å²) in [6.07, 6.45) is 1.60. The van der Waals surface area contributed by atoms with Gasteiger partial charge in [-0.3, -0.25) is 0 Å². The summed E-state index contributed by atoms with van der Waals surface area (Å²) in [6.45, 7) is 1.84. The highest BCUT2D eigenvalue weighted by Gasteiger charge is 2.24.